The normalized spacial score (nSPS) is 11.9. The zero-order valence-corrected chi connectivity index (χ0v) is 15.8. The number of fused-ring (bicyclic) bond motifs is 1. The van der Waals surface area contributed by atoms with Gasteiger partial charge in [-0.15, -0.1) is 0 Å². The molecule has 1 heterocycles. The van der Waals surface area contributed by atoms with Gasteiger partial charge in [0.1, 0.15) is 5.75 Å². The topological polar surface area (TPSA) is 43.6 Å². The molecule has 25 heavy (non-hydrogen) atoms. The van der Waals surface area contributed by atoms with Crippen molar-refractivity contribution < 1.29 is 9.53 Å². The molecule has 0 spiro atoms. The highest BCUT2D eigenvalue weighted by molar-refractivity contribution is 7.16. The molecule has 3 aromatic rings. The van der Waals surface area contributed by atoms with E-state index in [1.54, 1.807) is 18.4 Å². The molecule has 0 aliphatic rings. The zero-order chi connectivity index (χ0) is 18.0. The predicted octanol–water partition coefficient (Wildman–Crippen LogP) is 4.02. The largest absolute Gasteiger partial charge is 0.496 e. The average Bonchev–Trinajstić information content (AvgIpc) is 2.90. The first-order valence-electron chi connectivity index (χ1n) is 8.33. The number of hydrogen-bond acceptors (Lipinski definition) is 3. The molecule has 1 amide bonds. The first-order chi connectivity index (χ1) is 12.0. The zero-order valence-electron chi connectivity index (χ0n) is 15.0. The van der Waals surface area contributed by atoms with E-state index in [1.165, 1.54) is 5.56 Å². The van der Waals surface area contributed by atoms with Gasteiger partial charge in [-0.1, -0.05) is 35.1 Å². The smallest absolute Gasteiger partial charge is 0.252 e. The van der Waals surface area contributed by atoms with Gasteiger partial charge in [0.05, 0.1) is 23.7 Å². The molecule has 0 radical (unpaired) electrons. The fraction of sp³-hybridized carbons (Fsp3) is 0.300. The summed E-state index contributed by atoms with van der Waals surface area (Å²) in [6.45, 7) is 6.92. The number of ether oxygens (including phenoxy) is 1. The molecular formula is C20H22N2O2S. The summed E-state index contributed by atoms with van der Waals surface area (Å²) in [4.78, 5) is 17.7. The van der Waals surface area contributed by atoms with Gasteiger partial charge in [0.25, 0.3) is 5.91 Å². The fourth-order valence-corrected chi connectivity index (χ4v) is 4.14. The third-order valence-corrected chi connectivity index (χ3v) is 5.19. The first-order valence-corrected chi connectivity index (χ1v) is 9.14. The molecule has 0 aliphatic heterocycles. The highest BCUT2D eigenvalue weighted by Gasteiger charge is 2.10. The number of amides is 1. The predicted molar refractivity (Wildman–Crippen MR) is 102 cm³/mol. The summed E-state index contributed by atoms with van der Waals surface area (Å²) >= 11 is 1.56. The van der Waals surface area contributed by atoms with Crippen LogP contribution >= 0.6 is 11.3 Å². The van der Waals surface area contributed by atoms with E-state index < -0.39 is 0 Å². The summed E-state index contributed by atoms with van der Waals surface area (Å²) in [6.07, 6.45) is 0.238. The number of methoxy groups -OCH3 is 1. The van der Waals surface area contributed by atoms with Crippen molar-refractivity contribution in [1.29, 1.82) is 0 Å². The minimum absolute atomic E-state index is 0.158. The molecule has 3 rings (SSSR count). The summed E-state index contributed by atoms with van der Waals surface area (Å²) in [6, 6.07) is 12.2. The summed E-state index contributed by atoms with van der Waals surface area (Å²) in [5, 5.41) is 0. The van der Waals surface area contributed by atoms with Crippen LogP contribution in [0, 0.1) is 13.8 Å². The number of aromatic nitrogens is 1. The van der Waals surface area contributed by atoms with Crippen molar-refractivity contribution in [3.05, 3.63) is 57.9 Å². The highest BCUT2D eigenvalue weighted by atomic mass is 32.1. The highest BCUT2D eigenvalue weighted by Crippen LogP contribution is 2.21. The standard InChI is InChI=1S/C20H22N2O2S/c1-5-22-16-8-6-14(3)11-18(16)25-20(22)21-19(23)12-15-10-13(2)7-9-17(15)24-4/h6-11H,5,12H2,1-4H3. The van der Waals surface area contributed by atoms with Crippen LogP contribution < -0.4 is 9.54 Å². The Kier molecular flexibility index (Phi) is 5.04. The number of aryl methyl sites for hydroxylation is 3. The molecular weight excluding hydrogens is 332 g/mol. The Balaban J connectivity index is 1.99. The quantitative estimate of drug-likeness (QED) is 0.710. The molecule has 4 nitrogen and oxygen atoms in total. The monoisotopic (exact) mass is 354 g/mol. The average molecular weight is 354 g/mol. The fourth-order valence-electron chi connectivity index (χ4n) is 2.93. The maximum absolute atomic E-state index is 12.5. The second-order valence-electron chi connectivity index (χ2n) is 6.10. The van der Waals surface area contributed by atoms with Crippen molar-refractivity contribution in [1.82, 2.24) is 4.57 Å². The molecule has 5 heteroatoms. The number of hydrogen-bond donors (Lipinski definition) is 0. The molecule has 2 aromatic carbocycles. The summed E-state index contributed by atoms with van der Waals surface area (Å²) in [5.74, 6) is 0.568. The number of rotatable bonds is 4. The minimum atomic E-state index is -0.158. The van der Waals surface area contributed by atoms with Crippen molar-refractivity contribution in [2.45, 2.75) is 33.7 Å². The van der Waals surface area contributed by atoms with E-state index in [1.807, 2.05) is 25.1 Å². The van der Waals surface area contributed by atoms with Gasteiger partial charge in [-0.25, -0.2) is 0 Å². The SMILES string of the molecule is CCn1c(=NC(=O)Cc2cc(C)ccc2OC)sc2cc(C)ccc21. The Bertz CT molecular complexity index is 999. The van der Waals surface area contributed by atoms with E-state index in [9.17, 15) is 4.79 Å². The van der Waals surface area contributed by atoms with Crippen molar-refractivity contribution in [2.75, 3.05) is 7.11 Å². The van der Waals surface area contributed by atoms with E-state index in [0.717, 1.165) is 38.4 Å². The van der Waals surface area contributed by atoms with Crippen LogP contribution in [0.2, 0.25) is 0 Å². The van der Waals surface area contributed by atoms with Gasteiger partial charge >= 0.3 is 0 Å². The van der Waals surface area contributed by atoms with Gasteiger partial charge in [0, 0.05) is 12.1 Å². The molecule has 0 aliphatic carbocycles. The first kappa shape index (κ1) is 17.4. The molecule has 1 aromatic heterocycles. The second-order valence-corrected chi connectivity index (χ2v) is 7.11. The summed E-state index contributed by atoms with van der Waals surface area (Å²) in [7, 11) is 1.62. The van der Waals surface area contributed by atoms with Gasteiger partial charge in [0.2, 0.25) is 0 Å². The molecule has 0 saturated carbocycles. The Hall–Kier alpha value is -2.40. The molecule has 0 atom stereocenters. The molecule has 130 valence electrons. The van der Waals surface area contributed by atoms with Gasteiger partial charge < -0.3 is 9.30 Å². The molecule has 0 unspecified atom stereocenters. The van der Waals surface area contributed by atoms with Crippen LogP contribution in [0.4, 0.5) is 0 Å². The number of nitrogens with zero attached hydrogens (tertiary/aromatic N) is 2. The van der Waals surface area contributed by atoms with Crippen LogP contribution in [0.5, 0.6) is 5.75 Å². The lowest BCUT2D eigenvalue weighted by Gasteiger charge is -2.07. The lowest BCUT2D eigenvalue weighted by molar-refractivity contribution is -0.117. The van der Waals surface area contributed by atoms with Crippen molar-refractivity contribution in [3.63, 3.8) is 0 Å². The van der Waals surface area contributed by atoms with Crippen LogP contribution in [0.15, 0.2) is 41.4 Å². The van der Waals surface area contributed by atoms with Crippen LogP contribution in [0.1, 0.15) is 23.6 Å². The van der Waals surface area contributed by atoms with Crippen molar-refractivity contribution in [3.8, 4) is 5.75 Å². The number of benzene rings is 2. The third kappa shape index (κ3) is 3.66. The van der Waals surface area contributed by atoms with Crippen molar-refractivity contribution in [2.24, 2.45) is 4.99 Å². The lowest BCUT2D eigenvalue weighted by Crippen LogP contribution is -2.16. The number of carbonyl (C=O) groups excluding carboxylic acids is 1. The number of carbonyl (C=O) groups is 1. The van der Waals surface area contributed by atoms with Crippen LogP contribution in [0.3, 0.4) is 0 Å². The molecule has 0 saturated heterocycles. The lowest BCUT2D eigenvalue weighted by atomic mass is 10.1. The Morgan fingerprint density at radius 3 is 2.60 bits per heavy atom. The Morgan fingerprint density at radius 2 is 1.88 bits per heavy atom. The maximum Gasteiger partial charge on any atom is 0.252 e. The van der Waals surface area contributed by atoms with Gasteiger partial charge in [-0.3, -0.25) is 4.79 Å². The second kappa shape index (κ2) is 7.23. The van der Waals surface area contributed by atoms with Crippen molar-refractivity contribution >= 4 is 27.5 Å². The molecule has 0 fully saturated rings. The minimum Gasteiger partial charge on any atom is -0.496 e. The van der Waals surface area contributed by atoms with Gasteiger partial charge in [-0.2, -0.15) is 4.99 Å². The van der Waals surface area contributed by atoms with Crippen LogP contribution in [0.25, 0.3) is 10.2 Å². The number of thiazole rings is 1. The van der Waals surface area contributed by atoms with E-state index in [0.29, 0.717) is 0 Å². The molecule has 0 N–H and O–H groups in total. The van der Waals surface area contributed by atoms with E-state index in [2.05, 4.69) is 41.6 Å². The van der Waals surface area contributed by atoms with Gasteiger partial charge in [0.15, 0.2) is 4.80 Å². The van der Waals surface area contributed by atoms with E-state index in [-0.39, 0.29) is 12.3 Å². The van der Waals surface area contributed by atoms with Crippen LogP contribution in [-0.2, 0) is 17.8 Å². The Morgan fingerprint density at radius 1 is 1.16 bits per heavy atom. The van der Waals surface area contributed by atoms with E-state index >= 15 is 0 Å². The van der Waals surface area contributed by atoms with Crippen LogP contribution in [-0.4, -0.2) is 17.6 Å². The maximum atomic E-state index is 12.5. The van der Waals surface area contributed by atoms with Gasteiger partial charge in [-0.05, 0) is 44.5 Å². The molecule has 0 bridgehead atoms. The third-order valence-electron chi connectivity index (χ3n) is 4.15. The summed E-state index contributed by atoms with van der Waals surface area (Å²) in [5.41, 5.74) is 4.30. The Labute approximate surface area is 151 Å². The summed E-state index contributed by atoms with van der Waals surface area (Å²) < 4.78 is 8.60. The van der Waals surface area contributed by atoms with E-state index in [4.69, 9.17) is 4.74 Å².